The molecule has 1 aliphatic heterocycles. The highest BCUT2D eigenvalue weighted by Gasteiger charge is 2.31. The van der Waals surface area contributed by atoms with Crippen molar-refractivity contribution in [2.75, 3.05) is 6.54 Å². The van der Waals surface area contributed by atoms with Crippen LogP contribution in [0.3, 0.4) is 0 Å². The van der Waals surface area contributed by atoms with E-state index in [-0.39, 0.29) is 5.91 Å². The molecule has 41 heavy (non-hydrogen) atoms. The molecule has 0 unspecified atom stereocenters. The lowest BCUT2D eigenvalue weighted by atomic mass is 10.1. The Morgan fingerprint density at radius 1 is 1.15 bits per heavy atom. The summed E-state index contributed by atoms with van der Waals surface area (Å²) in [5, 5.41) is 11.4. The van der Waals surface area contributed by atoms with Gasteiger partial charge in [0.25, 0.3) is 5.91 Å². The third-order valence-corrected chi connectivity index (χ3v) is 5.99. The van der Waals surface area contributed by atoms with Gasteiger partial charge in [0.05, 0.1) is 16.8 Å². The summed E-state index contributed by atoms with van der Waals surface area (Å²) < 4.78 is 39.6. The van der Waals surface area contributed by atoms with E-state index in [1.165, 1.54) is 0 Å². The normalized spacial score (nSPS) is 13.4. The lowest BCUT2D eigenvalue weighted by molar-refractivity contribution is -0.119. The Labute approximate surface area is 234 Å². The number of halogens is 3. The minimum atomic E-state index is -4.64. The fourth-order valence-corrected chi connectivity index (χ4v) is 4.13. The Morgan fingerprint density at radius 3 is 2.51 bits per heavy atom. The zero-order valence-corrected chi connectivity index (χ0v) is 22.7. The first-order valence-electron chi connectivity index (χ1n) is 12.7. The number of nitrogens with one attached hydrogen (secondary N) is 2. The van der Waals surface area contributed by atoms with E-state index in [0.717, 1.165) is 45.5 Å². The molecule has 5 rings (SSSR count). The number of carbonyl (C=O) groups excluding carboxylic acids is 2. The molecule has 8 nitrogen and oxygen atoms in total. The van der Waals surface area contributed by atoms with Crippen molar-refractivity contribution in [3.05, 3.63) is 89.7 Å². The van der Waals surface area contributed by atoms with Gasteiger partial charge >= 0.3 is 12.3 Å². The van der Waals surface area contributed by atoms with Gasteiger partial charge in [-0.1, -0.05) is 30.9 Å². The zero-order chi connectivity index (χ0) is 29.9. The van der Waals surface area contributed by atoms with Gasteiger partial charge in [-0.3, -0.25) is 14.3 Å². The summed E-state index contributed by atoms with van der Waals surface area (Å²) in [6.07, 6.45) is 3.14. The molecule has 0 saturated heterocycles. The molecule has 0 radical (unpaired) electrons. The first-order chi connectivity index (χ1) is 19.2. The Kier molecular flexibility index (Phi) is 8.09. The van der Waals surface area contributed by atoms with Crippen LogP contribution < -0.4 is 5.32 Å². The van der Waals surface area contributed by atoms with Gasteiger partial charge in [0.1, 0.15) is 5.60 Å². The van der Waals surface area contributed by atoms with Crippen molar-refractivity contribution in [1.82, 2.24) is 19.9 Å². The predicted octanol–water partition coefficient (Wildman–Crippen LogP) is 6.89. The second-order valence-electron chi connectivity index (χ2n) is 10.3. The maximum Gasteiger partial charge on any atom is 0.448 e. The second kappa shape index (κ2) is 11.4. The lowest BCUT2D eigenvalue weighted by Gasteiger charge is -2.19. The fourth-order valence-electron chi connectivity index (χ4n) is 4.13. The van der Waals surface area contributed by atoms with E-state index >= 15 is 0 Å². The average molecular weight is 567 g/mol. The molecule has 1 aromatic carbocycles. The van der Waals surface area contributed by atoms with Crippen molar-refractivity contribution < 1.29 is 32.6 Å². The number of nitrogens with zero attached hydrogens (tertiary/aromatic N) is 2. The number of carbonyl (C=O) groups is 2. The van der Waals surface area contributed by atoms with E-state index in [9.17, 15) is 22.8 Å². The quantitative estimate of drug-likeness (QED) is 0.234. The van der Waals surface area contributed by atoms with Gasteiger partial charge in [-0.15, -0.1) is 0 Å². The van der Waals surface area contributed by atoms with Crippen molar-refractivity contribution >= 4 is 35.1 Å². The molecule has 0 aliphatic carbocycles. The summed E-state index contributed by atoms with van der Waals surface area (Å²) in [4.78, 5) is 32.7. The van der Waals surface area contributed by atoms with Crippen LogP contribution in [-0.2, 0) is 11.2 Å². The number of hydrogen-bond donors (Lipinski definition) is 3. The van der Waals surface area contributed by atoms with Crippen molar-refractivity contribution in [2.24, 2.45) is 0 Å². The van der Waals surface area contributed by atoms with Gasteiger partial charge < -0.3 is 20.1 Å². The Balaban J connectivity index is 0.000000493. The van der Waals surface area contributed by atoms with Gasteiger partial charge in [0.2, 0.25) is 0 Å². The molecular weight excluding hydrogens is 537 g/mol. The smallest absolute Gasteiger partial charge is 0.448 e. The van der Waals surface area contributed by atoms with Crippen LogP contribution in [0, 0.1) is 0 Å². The standard InChI is InChI=1S/C27H26N4O3.C3H3F3O/c1-27(2,3)34-26(33)31-16-18(20-6-4-5-7-24(20)31)8-9-19-14-17(10-12-28-19)23-15-21-22(30-23)11-13-29-25(21)32;1-2(7)3(4,5)6/h4-10,12,14-16,30H,11,13H2,1-3H3,(H,29,32);7H,1H2/b9-8+;. The van der Waals surface area contributed by atoms with E-state index in [1.807, 2.05) is 75.4 Å². The first-order valence-corrected chi connectivity index (χ1v) is 12.7. The summed E-state index contributed by atoms with van der Waals surface area (Å²) in [5.41, 5.74) is 5.36. The number of aromatic amines is 1. The van der Waals surface area contributed by atoms with Crippen LogP contribution in [0.5, 0.6) is 0 Å². The fraction of sp³-hybridized carbons (Fsp3) is 0.233. The zero-order valence-electron chi connectivity index (χ0n) is 22.7. The monoisotopic (exact) mass is 566 g/mol. The van der Waals surface area contributed by atoms with Gasteiger partial charge in [-0.2, -0.15) is 13.2 Å². The molecule has 11 heteroatoms. The number of hydrogen-bond acceptors (Lipinski definition) is 5. The summed E-state index contributed by atoms with van der Waals surface area (Å²) in [5.74, 6) is -1.80. The van der Waals surface area contributed by atoms with Crippen molar-refractivity contribution in [3.8, 4) is 11.3 Å². The number of pyridine rings is 1. The molecule has 0 fully saturated rings. The first kappa shape index (κ1) is 29.2. The molecule has 0 spiro atoms. The third kappa shape index (κ3) is 7.05. The van der Waals surface area contributed by atoms with Crippen LogP contribution in [0.15, 0.2) is 67.2 Å². The van der Waals surface area contributed by atoms with Crippen molar-refractivity contribution in [3.63, 3.8) is 0 Å². The molecule has 3 N–H and O–H groups in total. The number of ether oxygens (including phenoxy) is 1. The van der Waals surface area contributed by atoms with Crippen LogP contribution in [0.2, 0.25) is 0 Å². The van der Waals surface area contributed by atoms with E-state index < -0.39 is 23.6 Å². The average Bonchev–Trinajstić information content (AvgIpc) is 3.50. The molecule has 4 heterocycles. The summed E-state index contributed by atoms with van der Waals surface area (Å²) in [6.45, 7) is 8.45. The lowest BCUT2D eigenvalue weighted by Crippen LogP contribution is -2.31. The van der Waals surface area contributed by atoms with E-state index in [4.69, 9.17) is 9.84 Å². The topological polar surface area (TPSA) is 109 Å². The number of rotatable bonds is 3. The van der Waals surface area contributed by atoms with Crippen LogP contribution >= 0.6 is 0 Å². The highest BCUT2D eigenvalue weighted by atomic mass is 19.4. The Hall–Kier alpha value is -4.80. The van der Waals surface area contributed by atoms with Crippen molar-refractivity contribution in [1.29, 1.82) is 0 Å². The molecule has 0 atom stereocenters. The number of aliphatic hydroxyl groups excluding tert-OH is 1. The highest BCUT2D eigenvalue weighted by molar-refractivity contribution is 5.98. The largest absolute Gasteiger partial charge is 0.505 e. The van der Waals surface area contributed by atoms with Gasteiger partial charge in [0.15, 0.2) is 5.76 Å². The third-order valence-electron chi connectivity index (χ3n) is 5.99. The van der Waals surface area contributed by atoms with Crippen LogP contribution in [-0.4, -0.2) is 50.0 Å². The SMILES string of the molecule is C=C(O)C(F)(F)F.CC(C)(C)OC(=O)n1cc(/C=C/c2cc(-c3cc4c([nH]3)CCNC4=O)ccn2)c2ccccc21. The van der Waals surface area contributed by atoms with Crippen molar-refractivity contribution in [2.45, 2.75) is 39.0 Å². The summed E-state index contributed by atoms with van der Waals surface area (Å²) in [7, 11) is 0. The van der Waals surface area contributed by atoms with E-state index in [2.05, 4.69) is 21.9 Å². The number of benzene rings is 1. The molecule has 0 saturated carbocycles. The minimum Gasteiger partial charge on any atom is -0.505 e. The maximum atomic E-state index is 12.7. The van der Waals surface area contributed by atoms with Gasteiger partial charge in [-0.05, 0) is 51.1 Å². The Morgan fingerprint density at radius 2 is 1.85 bits per heavy atom. The molecule has 0 bridgehead atoms. The number of alkyl halides is 3. The van der Waals surface area contributed by atoms with Crippen LogP contribution in [0.4, 0.5) is 18.0 Å². The molecule has 4 aromatic rings. The Bertz CT molecular complexity index is 1640. The maximum absolute atomic E-state index is 12.7. The number of amides is 1. The minimum absolute atomic E-state index is 0.0423. The summed E-state index contributed by atoms with van der Waals surface area (Å²) >= 11 is 0. The number of aliphatic hydroxyl groups is 1. The van der Waals surface area contributed by atoms with E-state index in [1.54, 1.807) is 17.0 Å². The number of fused-ring (bicyclic) bond motifs is 2. The molecule has 1 amide bonds. The van der Waals surface area contributed by atoms with Crippen LogP contribution in [0.25, 0.3) is 34.3 Å². The molecular formula is C30H29F3N4O4. The molecule has 214 valence electrons. The molecule has 1 aliphatic rings. The number of H-pyrrole nitrogens is 1. The predicted molar refractivity (Wildman–Crippen MR) is 150 cm³/mol. The second-order valence-corrected chi connectivity index (χ2v) is 10.3. The van der Waals surface area contributed by atoms with E-state index in [0.29, 0.717) is 12.1 Å². The highest BCUT2D eigenvalue weighted by Crippen LogP contribution is 2.27. The van der Waals surface area contributed by atoms with Crippen LogP contribution in [0.1, 0.15) is 48.1 Å². The number of para-hydroxylation sites is 1. The summed E-state index contributed by atoms with van der Waals surface area (Å²) in [6, 6.07) is 13.5. The van der Waals surface area contributed by atoms with Gasteiger partial charge in [0, 0.05) is 53.3 Å². The number of aromatic nitrogens is 3. The number of allylic oxidation sites excluding steroid dienone is 1. The van der Waals surface area contributed by atoms with Gasteiger partial charge in [-0.25, -0.2) is 4.79 Å². The molecule has 3 aromatic heterocycles.